The number of nitrogens with one attached hydrogen (secondary N) is 2. The van der Waals surface area contributed by atoms with Gasteiger partial charge in [0, 0.05) is 6.42 Å². The van der Waals surface area contributed by atoms with E-state index in [2.05, 4.69) is 5.32 Å². The third-order valence-corrected chi connectivity index (χ3v) is 3.06. The molecule has 0 bridgehead atoms. The molecule has 4 amide bonds. The number of hydrogen-bond donors (Lipinski definition) is 7. The largest absolute Gasteiger partial charge is 0.481 e. The van der Waals surface area contributed by atoms with E-state index in [-0.39, 0.29) is 12.8 Å². The quantitative estimate of drug-likeness (QED) is 0.175. The van der Waals surface area contributed by atoms with Crippen LogP contribution in [-0.2, 0) is 28.8 Å². The van der Waals surface area contributed by atoms with Crippen LogP contribution in [0.15, 0.2) is 0 Å². The molecule has 0 aromatic carbocycles. The SMILES string of the molecule is NC(=O)CCC(NC(=O)C(N)CC(N)=O)C(=O)NC(CC(=O)O)C(=O)O. The van der Waals surface area contributed by atoms with Gasteiger partial charge in [-0.05, 0) is 6.42 Å². The Kier molecular flexibility index (Phi) is 9.29. The monoisotopic (exact) mass is 375 g/mol. The number of carbonyl (C=O) groups excluding carboxylic acids is 4. The molecule has 0 radical (unpaired) electrons. The number of hydrogen-bond acceptors (Lipinski definition) is 7. The van der Waals surface area contributed by atoms with Crippen molar-refractivity contribution < 1.29 is 39.0 Å². The van der Waals surface area contributed by atoms with Gasteiger partial charge in [-0.15, -0.1) is 0 Å². The maximum atomic E-state index is 12.2. The van der Waals surface area contributed by atoms with Gasteiger partial charge in [0.05, 0.1) is 18.9 Å². The second-order valence-electron chi connectivity index (χ2n) is 5.34. The van der Waals surface area contributed by atoms with Gasteiger partial charge in [0.1, 0.15) is 12.1 Å². The third-order valence-electron chi connectivity index (χ3n) is 3.06. The van der Waals surface area contributed by atoms with E-state index in [4.69, 9.17) is 27.4 Å². The summed E-state index contributed by atoms with van der Waals surface area (Å²) in [6.07, 6.45) is -2.04. The van der Waals surface area contributed by atoms with Crippen molar-refractivity contribution in [2.24, 2.45) is 17.2 Å². The topological polar surface area (TPSA) is 245 Å². The van der Waals surface area contributed by atoms with Crippen LogP contribution in [-0.4, -0.2) is 63.9 Å². The lowest BCUT2D eigenvalue weighted by atomic mass is 10.1. The first kappa shape index (κ1) is 22.8. The minimum absolute atomic E-state index is 0.296. The predicted molar refractivity (Wildman–Crippen MR) is 84.0 cm³/mol. The second-order valence-corrected chi connectivity index (χ2v) is 5.34. The standard InChI is InChI=1S/C13H21N5O8/c14-5(3-9(16)20)11(23)17-6(1-2-8(15)19)12(24)18-7(13(25)26)4-10(21)22/h5-7H,1-4,14H2,(H2,15,19)(H2,16,20)(H,17,23)(H,18,24)(H,21,22)(H,25,26). The van der Waals surface area contributed by atoms with Crippen LogP contribution in [0.25, 0.3) is 0 Å². The fraction of sp³-hybridized carbons (Fsp3) is 0.538. The Bertz CT molecular complexity index is 593. The van der Waals surface area contributed by atoms with E-state index in [9.17, 15) is 28.8 Å². The van der Waals surface area contributed by atoms with Gasteiger partial charge in [0.2, 0.25) is 23.6 Å². The summed E-state index contributed by atoms with van der Waals surface area (Å²) in [6, 6.07) is -4.55. The molecule has 0 aliphatic heterocycles. The summed E-state index contributed by atoms with van der Waals surface area (Å²) in [4.78, 5) is 67.4. The van der Waals surface area contributed by atoms with Crippen molar-refractivity contribution >= 4 is 35.6 Å². The van der Waals surface area contributed by atoms with E-state index < -0.39 is 66.5 Å². The molecule has 0 spiro atoms. The highest BCUT2D eigenvalue weighted by atomic mass is 16.4. The first-order valence-corrected chi connectivity index (χ1v) is 7.31. The molecular formula is C13H21N5O8. The molecule has 13 nitrogen and oxygen atoms in total. The molecule has 0 aromatic heterocycles. The van der Waals surface area contributed by atoms with Crippen LogP contribution in [0.2, 0.25) is 0 Å². The van der Waals surface area contributed by atoms with E-state index in [0.717, 1.165) is 0 Å². The van der Waals surface area contributed by atoms with Gasteiger partial charge in [-0.25, -0.2) is 4.79 Å². The van der Waals surface area contributed by atoms with Gasteiger partial charge in [-0.2, -0.15) is 0 Å². The van der Waals surface area contributed by atoms with E-state index in [1.807, 2.05) is 5.32 Å². The average Bonchev–Trinajstić information content (AvgIpc) is 2.48. The predicted octanol–water partition coefficient (Wildman–Crippen LogP) is -4.02. The summed E-state index contributed by atoms with van der Waals surface area (Å²) in [6.45, 7) is 0. The van der Waals surface area contributed by atoms with Crippen LogP contribution in [0.3, 0.4) is 0 Å². The van der Waals surface area contributed by atoms with Crippen LogP contribution in [0.1, 0.15) is 25.7 Å². The number of nitrogens with two attached hydrogens (primary N) is 3. The molecular weight excluding hydrogens is 354 g/mol. The highest BCUT2D eigenvalue weighted by molar-refractivity contribution is 5.94. The average molecular weight is 375 g/mol. The fourth-order valence-electron chi connectivity index (χ4n) is 1.79. The number of amides is 4. The van der Waals surface area contributed by atoms with Crippen molar-refractivity contribution in [3.8, 4) is 0 Å². The summed E-state index contributed by atoms with van der Waals surface area (Å²) in [5.74, 6) is -6.74. The van der Waals surface area contributed by atoms with E-state index >= 15 is 0 Å². The van der Waals surface area contributed by atoms with Crippen molar-refractivity contribution in [1.29, 1.82) is 0 Å². The molecule has 0 heterocycles. The molecule has 0 aromatic rings. The van der Waals surface area contributed by atoms with Crippen molar-refractivity contribution in [3.05, 3.63) is 0 Å². The highest BCUT2D eigenvalue weighted by Gasteiger charge is 2.29. The summed E-state index contributed by atoms with van der Waals surface area (Å²) in [5.41, 5.74) is 15.3. The number of rotatable bonds is 12. The summed E-state index contributed by atoms with van der Waals surface area (Å²) in [5, 5.41) is 21.7. The van der Waals surface area contributed by atoms with Crippen LogP contribution >= 0.6 is 0 Å². The first-order valence-electron chi connectivity index (χ1n) is 7.31. The molecule has 0 aliphatic rings. The Hall–Kier alpha value is -3.22. The smallest absolute Gasteiger partial charge is 0.326 e. The van der Waals surface area contributed by atoms with Crippen molar-refractivity contribution in [1.82, 2.24) is 10.6 Å². The number of carboxylic acids is 2. The van der Waals surface area contributed by atoms with Gasteiger partial charge in [0.15, 0.2) is 0 Å². The van der Waals surface area contributed by atoms with E-state index in [0.29, 0.717) is 0 Å². The fourth-order valence-corrected chi connectivity index (χ4v) is 1.79. The molecule has 10 N–H and O–H groups in total. The minimum atomic E-state index is -1.76. The van der Waals surface area contributed by atoms with E-state index in [1.165, 1.54) is 0 Å². The lowest BCUT2D eigenvalue weighted by molar-refractivity contribution is -0.147. The maximum Gasteiger partial charge on any atom is 0.326 e. The normalized spacial score (nSPS) is 13.7. The Morgan fingerprint density at radius 1 is 0.808 bits per heavy atom. The summed E-state index contributed by atoms with van der Waals surface area (Å²) < 4.78 is 0. The van der Waals surface area contributed by atoms with Gasteiger partial charge < -0.3 is 38.0 Å². The van der Waals surface area contributed by atoms with Crippen LogP contribution in [0.4, 0.5) is 0 Å². The second kappa shape index (κ2) is 10.6. The third kappa shape index (κ3) is 9.17. The number of carbonyl (C=O) groups is 6. The van der Waals surface area contributed by atoms with Crippen molar-refractivity contribution in [3.63, 3.8) is 0 Å². The Labute approximate surface area is 147 Å². The van der Waals surface area contributed by atoms with Gasteiger partial charge >= 0.3 is 11.9 Å². The molecule has 146 valence electrons. The molecule has 0 saturated carbocycles. The van der Waals surface area contributed by atoms with Crippen LogP contribution in [0.5, 0.6) is 0 Å². The molecule has 3 atom stereocenters. The van der Waals surface area contributed by atoms with Gasteiger partial charge in [-0.1, -0.05) is 0 Å². The van der Waals surface area contributed by atoms with Gasteiger partial charge in [-0.3, -0.25) is 24.0 Å². The van der Waals surface area contributed by atoms with Gasteiger partial charge in [0.25, 0.3) is 0 Å². The van der Waals surface area contributed by atoms with Crippen molar-refractivity contribution in [2.75, 3.05) is 0 Å². The zero-order chi connectivity index (χ0) is 20.4. The number of carboxylic acid groups (broad SMARTS) is 2. The molecule has 0 aliphatic carbocycles. The lowest BCUT2D eigenvalue weighted by Crippen LogP contribution is -2.55. The van der Waals surface area contributed by atoms with Crippen LogP contribution in [0, 0.1) is 0 Å². The molecule has 3 unspecified atom stereocenters. The van der Waals surface area contributed by atoms with Crippen LogP contribution < -0.4 is 27.8 Å². The lowest BCUT2D eigenvalue weighted by Gasteiger charge is -2.22. The Balaban J connectivity index is 5.14. The molecule has 0 fully saturated rings. The summed E-state index contributed by atoms with van der Waals surface area (Å²) in [7, 11) is 0. The maximum absolute atomic E-state index is 12.2. The van der Waals surface area contributed by atoms with Crippen molar-refractivity contribution in [2.45, 2.75) is 43.8 Å². The number of aliphatic carboxylic acids is 2. The molecule has 0 rings (SSSR count). The zero-order valence-corrected chi connectivity index (χ0v) is 13.6. The first-order chi connectivity index (χ1) is 11.9. The Morgan fingerprint density at radius 3 is 1.77 bits per heavy atom. The summed E-state index contributed by atoms with van der Waals surface area (Å²) >= 11 is 0. The highest BCUT2D eigenvalue weighted by Crippen LogP contribution is 2.02. The molecule has 0 saturated heterocycles. The minimum Gasteiger partial charge on any atom is -0.481 e. The zero-order valence-electron chi connectivity index (χ0n) is 13.6. The Morgan fingerprint density at radius 2 is 1.35 bits per heavy atom. The number of primary amides is 2. The molecule has 26 heavy (non-hydrogen) atoms. The van der Waals surface area contributed by atoms with E-state index in [1.54, 1.807) is 0 Å². The molecule has 13 heteroatoms.